The molecule has 5 heteroatoms. The Labute approximate surface area is 111 Å². The molecule has 4 nitrogen and oxygen atoms in total. The number of fused-ring (bicyclic) bond motifs is 1. The number of anilines is 1. The smallest absolute Gasteiger partial charge is 0.117 e. The number of hydrogen-bond donors (Lipinski definition) is 2. The third kappa shape index (κ3) is 2.63. The predicted octanol–water partition coefficient (Wildman–Crippen LogP) is 1.61. The van der Waals surface area contributed by atoms with Crippen molar-refractivity contribution >= 4 is 27.4 Å². The molecule has 1 aliphatic heterocycles. The second kappa shape index (κ2) is 5.65. The second-order valence-electron chi connectivity index (χ2n) is 4.55. The summed E-state index contributed by atoms with van der Waals surface area (Å²) in [7, 11) is 0. The van der Waals surface area contributed by atoms with Gasteiger partial charge in [0, 0.05) is 44.7 Å². The minimum absolute atomic E-state index is 0.992. The Morgan fingerprint density at radius 1 is 1.28 bits per heavy atom. The van der Waals surface area contributed by atoms with Gasteiger partial charge in [0.05, 0.1) is 5.52 Å². The van der Waals surface area contributed by atoms with Crippen LogP contribution in [0.1, 0.15) is 0 Å². The van der Waals surface area contributed by atoms with Crippen molar-refractivity contribution in [2.24, 2.45) is 0 Å². The molecule has 18 heavy (non-hydrogen) atoms. The van der Waals surface area contributed by atoms with Gasteiger partial charge in [-0.15, -0.1) is 0 Å². The quantitative estimate of drug-likeness (QED) is 0.878. The molecule has 0 spiro atoms. The van der Waals surface area contributed by atoms with Crippen molar-refractivity contribution in [3.8, 4) is 0 Å². The van der Waals surface area contributed by atoms with Gasteiger partial charge in [0.2, 0.25) is 0 Å². The topological polar surface area (TPSA) is 40.2 Å². The van der Waals surface area contributed by atoms with Gasteiger partial charge in [0.1, 0.15) is 5.00 Å². The summed E-state index contributed by atoms with van der Waals surface area (Å²) in [5.41, 5.74) is 1.09. The van der Waals surface area contributed by atoms with Gasteiger partial charge >= 0.3 is 0 Å². The zero-order chi connectivity index (χ0) is 12.2. The lowest BCUT2D eigenvalue weighted by Crippen LogP contribution is -2.45. The Morgan fingerprint density at radius 2 is 2.11 bits per heavy atom. The normalized spacial score (nSPS) is 17.1. The van der Waals surface area contributed by atoms with E-state index in [9.17, 15) is 0 Å². The van der Waals surface area contributed by atoms with Crippen LogP contribution in [0.15, 0.2) is 24.3 Å². The van der Waals surface area contributed by atoms with E-state index in [4.69, 9.17) is 0 Å². The average Bonchev–Trinajstić information content (AvgIpc) is 2.84. The molecule has 0 amide bonds. The van der Waals surface area contributed by atoms with Gasteiger partial charge in [-0.1, -0.05) is 12.1 Å². The summed E-state index contributed by atoms with van der Waals surface area (Å²) in [6, 6.07) is 8.30. The van der Waals surface area contributed by atoms with Crippen molar-refractivity contribution in [2.45, 2.75) is 0 Å². The lowest BCUT2D eigenvalue weighted by Gasteiger charge is -2.27. The van der Waals surface area contributed by atoms with Crippen LogP contribution in [-0.2, 0) is 0 Å². The van der Waals surface area contributed by atoms with Gasteiger partial charge in [-0.25, -0.2) is 0 Å². The Morgan fingerprint density at radius 3 is 3.00 bits per heavy atom. The van der Waals surface area contributed by atoms with Crippen molar-refractivity contribution in [2.75, 3.05) is 44.6 Å². The van der Waals surface area contributed by atoms with Crippen molar-refractivity contribution in [1.29, 1.82) is 0 Å². The first-order valence-electron chi connectivity index (χ1n) is 6.45. The molecule has 96 valence electrons. The molecular weight excluding hydrogens is 244 g/mol. The Bertz CT molecular complexity index is 504. The van der Waals surface area contributed by atoms with E-state index in [2.05, 4.69) is 38.1 Å². The Hall–Kier alpha value is -1.17. The Balaban J connectivity index is 1.56. The third-order valence-corrected chi connectivity index (χ3v) is 4.14. The number of aromatic nitrogens is 1. The molecule has 3 rings (SSSR count). The highest BCUT2D eigenvalue weighted by atomic mass is 32.1. The number of nitrogens with zero attached hydrogens (tertiary/aromatic N) is 2. The SMILES string of the molecule is c1ccc2c(NCCN3CCNCC3)snc2c1. The number of benzene rings is 1. The molecule has 0 radical (unpaired) electrons. The van der Waals surface area contributed by atoms with E-state index < -0.39 is 0 Å². The van der Waals surface area contributed by atoms with Crippen LogP contribution in [-0.4, -0.2) is 48.5 Å². The zero-order valence-corrected chi connectivity index (χ0v) is 11.2. The van der Waals surface area contributed by atoms with Crippen molar-refractivity contribution < 1.29 is 0 Å². The summed E-state index contributed by atoms with van der Waals surface area (Å²) in [5, 5.41) is 9.32. The molecule has 2 aromatic rings. The van der Waals surface area contributed by atoms with Crippen LogP contribution in [0.25, 0.3) is 10.9 Å². The molecule has 0 unspecified atom stereocenters. The highest BCUT2D eigenvalue weighted by molar-refractivity contribution is 7.11. The highest BCUT2D eigenvalue weighted by Gasteiger charge is 2.09. The summed E-state index contributed by atoms with van der Waals surface area (Å²) >= 11 is 1.56. The molecule has 2 heterocycles. The first-order chi connectivity index (χ1) is 8.93. The standard InChI is InChI=1S/C13H18N4S/c1-2-4-12-11(3-1)13(18-16-12)15-7-10-17-8-5-14-6-9-17/h1-4,14-15H,5-10H2. The van der Waals surface area contributed by atoms with Gasteiger partial charge in [-0.3, -0.25) is 4.90 Å². The summed E-state index contributed by atoms with van der Waals surface area (Å²) < 4.78 is 4.44. The zero-order valence-electron chi connectivity index (χ0n) is 10.4. The minimum atomic E-state index is 0.992. The summed E-state index contributed by atoms with van der Waals surface area (Å²) in [4.78, 5) is 2.49. The number of rotatable bonds is 4. The van der Waals surface area contributed by atoms with Gasteiger partial charge in [0.15, 0.2) is 0 Å². The molecule has 1 aromatic carbocycles. The largest absolute Gasteiger partial charge is 0.374 e. The molecule has 2 N–H and O–H groups in total. The summed E-state index contributed by atoms with van der Waals surface area (Å²) in [6.45, 7) is 6.64. The average molecular weight is 262 g/mol. The molecule has 0 bridgehead atoms. The fourth-order valence-corrected chi connectivity index (χ4v) is 3.07. The first kappa shape index (κ1) is 11.9. The maximum absolute atomic E-state index is 4.44. The molecular formula is C13H18N4S. The van der Waals surface area contributed by atoms with Gasteiger partial charge in [-0.05, 0) is 23.7 Å². The third-order valence-electron chi connectivity index (χ3n) is 3.31. The van der Waals surface area contributed by atoms with Gasteiger partial charge in [0.25, 0.3) is 0 Å². The fourth-order valence-electron chi connectivity index (χ4n) is 2.28. The van der Waals surface area contributed by atoms with Crippen LogP contribution in [0.5, 0.6) is 0 Å². The van der Waals surface area contributed by atoms with Crippen molar-refractivity contribution in [3.63, 3.8) is 0 Å². The lowest BCUT2D eigenvalue weighted by molar-refractivity contribution is 0.249. The fraction of sp³-hybridized carbons (Fsp3) is 0.462. The van der Waals surface area contributed by atoms with Crippen LogP contribution >= 0.6 is 11.5 Å². The van der Waals surface area contributed by atoms with Crippen molar-refractivity contribution in [1.82, 2.24) is 14.6 Å². The lowest BCUT2D eigenvalue weighted by atomic mass is 10.2. The minimum Gasteiger partial charge on any atom is -0.374 e. The van der Waals surface area contributed by atoms with Gasteiger partial charge in [-0.2, -0.15) is 4.37 Å². The van der Waals surface area contributed by atoms with E-state index >= 15 is 0 Å². The van der Waals surface area contributed by atoms with Crippen LogP contribution in [0.4, 0.5) is 5.00 Å². The number of hydrogen-bond acceptors (Lipinski definition) is 5. The second-order valence-corrected chi connectivity index (χ2v) is 5.32. The highest BCUT2D eigenvalue weighted by Crippen LogP contribution is 2.26. The molecule has 0 saturated carbocycles. The van der Waals surface area contributed by atoms with Crippen LogP contribution < -0.4 is 10.6 Å². The van der Waals surface area contributed by atoms with Crippen LogP contribution in [0.3, 0.4) is 0 Å². The van der Waals surface area contributed by atoms with E-state index in [1.54, 1.807) is 11.5 Å². The molecule has 1 aromatic heterocycles. The van der Waals surface area contributed by atoms with E-state index in [0.29, 0.717) is 0 Å². The van der Waals surface area contributed by atoms with E-state index in [1.165, 1.54) is 10.4 Å². The maximum Gasteiger partial charge on any atom is 0.117 e. The maximum atomic E-state index is 4.44. The van der Waals surface area contributed by atoms with E-state index in [0.717, 1.165) is 44.8 Å². The number of nitrogens with one attached hydrogen (secondary N) is 2. The summed E-state index contributed by atoms with van der Waals surface area (Å²) in [6.07, 6.45) is 0. The van der Waals surface area contributed by atoms with Gasteiger partial charge < -0.3 is 10.6 Å². The van der Waals surface area contributed by atoms with E-state index in [1.807, 2.05) is 6.07 Å². The molecule has 1 fully saturated rings. The monoisotopic (exact) mass is 262 g/mol. The van der Waals surface area contributed by atoms with E-state index in [-0.39, 0.29) is 0 Å². The molecule has 0 aliphatic carbocycles. The summed E-state index contributed by atoms with van der Waals surface area (Å²) in [5.74, 6) is 0. The van der Waals surface area contributed by atoms with Crippen LogP contribution in [0, 0.1) is 0 Å². The molecule has 0 atom stereocenters. The predicted molar refractivity (Wildman–Crippen MR) is 77.4 cm³/mol. The first-order valence-corrected chi connectivity index (χ1v) is 7.22. The van der Waals surface area contributed by atoms with Crippen molar-refractivity contribution in [3.05, 3.63) is 24.3 Å². The Kier molecular flexibility index (Phi) is 3.73. The van der Waals surface area contributed by atoms with Crippen LogP contribution in [0.2, 0.25) is 0 Å². The molecule has 1 saturated heterocycles. The molecule has 1 aliphatic rings. The number of piperazine rings is 1.